The highest BCUT2D eigenvalue weighted by Gasteiger charge is 2.50. The first-order valence-corrected chi connectivity index (χ1v) is 21.0. The number of methoxy groups -OCH3 is 2. The molecule has 17 nitrogen and oxygen atoms in total. The summed E-state index contributed by atoms with van der Waals surface area (Å²) in [7, 11) is 2.53. The van der Waals surface area contributed by atoms with Gasteiger partial charge in [0.25, 0.3) is 5.91 Å². The lowest BCUT2D eigenvalue weighted by Gasteiger charge is -2.42. The van der Waals surface area contributed by atoms with E-state index in [1.54, 1.807) is 6.20 Å². The van der Waals surface area contributed by atoms with E-state index in [0.717, 1.165) is 52.9 Å². The molecular formula is C44H53N9O8. The van der Waals surface area contributed by atoms with E-state index in [1.807, 2.05) is 61.3 Å². The topological polar surface area (TPSA) is 204 Å². The zero-order valence-corrected chi connectivity index (χ0v) is 34.9. The highest BCUT2D eigenvalue weighted by molar-refractivity contribution is 5.91. The average Bonchev–Trinajstić information content (AvgIpc) is 4.05. The Labute approximate surface area is 353 Å². The smallest absolute Gasteiger partial charge is 0.407 e. The molecule has 322 valence electrons. The fraction of sp³-hybridized carbons (Fsp3) is 0.477. The van der Waals surface area contributed by atoms with Crippen LogP contribution in [0.5, 0.6) is 0 Å². The van der Waals surface area contributed by atoms with Gasteiger partial charge in [-0.05, 0) is 72.1 Å². The lowest BCUT2D eigenvalue weighted by molar-refractivity contribution is -0.174. The second-order valence-electron chi connectivity index (χ2n) is 16.8. The zero-order chi connectivity index (χ0) is 42.8. The van der Waals surface area contributed by atoms with Gasteiger partial charge in [-0.1, -0.05) is 62.4 Å². The van der Waals surface area contributed by atoms with Gasteiger partial charge < -0.3 is 39.7 Å². The van der Waals surface area contributed by atoms with Crippen LogP contribution in [0.2, 0.25) is 0 Å². The maximum atomic E-state index is 14.1. The van der Waals surface area contributed by atoms with Crippen LogP contribution < -0.4 is 10.6 Å². The summed E-state index contributed by atoms with van der Waals surface area (Å²) in [6.07, 6.45) is 6.26. The zero-order valence-electron chi connectivity index (χ0n) is 34.9. The number of aromatic nitrogens is 4. The molecule has 4 aliphatic rings. The molecule has 0 saturated carbocycles. The Hall–Kier alpha value is -6.23. The SMILES string of the molecule is COC(=O)N[C@H]1CCC(=O)N2CCC[C@@H](c3ncc(-c4ccc(-c5ccc(-c6cnc(C7CC8(CCOCC8)CN7C(=O)[C@@H](NC(=O)OC)C(C)C)[nH]6)cc5)cc4)[nH]3)N2C1=O. The predicted molar refractivity (Wildman–Crippen MR) is 222 cm³/mol. The number of hydrazine groups is 1. The van der Waals surface area contributed by atoms with Crippen molar-refractivity contribution in [3.8, 4) is 33.6 Å². The van der Waals surface area contributed by atoms with Crippen molar-refractivity contribution in [2.75, 3.05) is 40.5 Å². The van der Waals surface area contributed by atoms with E-state index in [-0.39, 0.29) is 47.9 Å². The van der Waals surface area contributed by atoms with E-state index in [2.05, 4.69) is 37.7 Å². The molecule has 4 atom stereocenters. The van der Waals surface area contributed by atoms with E-state index in [0.29, 0.717) is 50.8 Å². The molecule has 1 spiro atoms. The van der Waals surface area contributed by atoms with Crippen LogP contribution in [0.25, 0.3) is 33.6 Å². The van der Waals surface area contributed by atoms with E-state index < -0.39 is 30.3 Å². The molecule has 0 radical (unpaired) electrons. The fourth-order valence-electron chi connectivity index (χ4n) is 9.18. The van der Waals surface area contributed by atoms with Crippen molar-refractivity contribution in [1.82, 2.24) is 45.5 Å². The van der Waals surface area contributed by atoms with Crippen molar-refractivity contribution in [2.24, 2.45) is 11.3 Å². The minimum absolute atomic E-state index is 0.0863. The van der Waals surface area contributed by atoms with Gasteiger partial charge in [0.15, 0.2) is 0 Å². The first kappa shape index (κ1) is 41.5. The summed E-state index contributed by atoms with van der Waals surface area (Å²) in [5.74, 6) is 0.434. The second-order valence-corrected chi connectivity index (χ2v) is 16.8. The summed E-state index contributed by atoms with van der Waals surface area (Å²) < 4.78 is 15.3. The third-order valence-corrected chi connectivity index (χ3v) is 12.6. The number of benzene rings is 2. The highest BCUT2D eigenvalue weighted by atomic mass is 16.5. The van der Waals surface area contributed by atoms with Gasteiger partial charge in [-0.15, -0.1) is 0 Å². The Morgan fingerprint density at radius 3 is 1.97 bits per heavy atom. The maximum Gasteiger partial charge on any atom is 0.407 e. The van der Waals surface area contributed by atoms with Crippen LogP contribution in [-0.4, -0.2) is 117 Å². The van der Waals surface area contributed by atoms with Crippen molar-refractivity contribution in [2.45, 2.75) is 83.0 Å². The molecule has 8 rings (SSSR count). The molecule has 4 fully saturated rings. The van der Waals surface area contributed by atoms with Crippen molar-refractivity contribution < 1.29 is 38.2 Å². The fourth-order valence-corrected chi connectivity index (χ4v) is 9.18. The van der Waals surface area contributed by atoms with Crippen LogP contribution in [0, 0.1) is 11.3 Å². The first-order chi connectivity index (χ1) is 29.5. The number of aromatic amines is 2. The van der Waals surface area contributed by atoms with Crippen molar-refractivity contribution in [1.29, 1.82) is 0 Å². The first-order valence-electron chi connectivity index (χ1n) is 21.0. The number of hydrogen-bond donors (Lipinski definition) is 4. The average molecular weight is 836 g/mol. The molecule has 4 aromatic rings. The largest absolute Gasteiger partial charge is 0.453 e. The summed E-state index contributed by atoms with van der Waals surface area (Å²) in [5.41, 5.74) is 5.41. The molecule has 0 aliphatic carbocycles. The number of carbonyl (C=O) groups excluding carboxylic acids is 5. The van der Waals surface area contributed by atoms with Crippen molar-refractivity contribution in [3.63, 3.8) is 0 Å². The number of likely N-dealkylation sites (tertiary alicyclic amines) is 1. The Morgan fingerprint density at radius 1 is 0.820 bits per heavy atom. The minimum Gasteiger partial charge on any atom is -0.453 e. The van der Waals surface area contributed by atoms with Gasteiger partial charge >= 0.3 is 12.2 Å². The summed E-state index contributed by atoms with van der Waals surface area (Å²) >= 11 is 0. The van der Waals surface area contributed by atoms with Crippen molar-refractivity contribution >= 4 is 29.9 Å². The molecule has 5 amide bonds. The van der Waals surface area contributed by atoms with Crippen molar-refractivity contribution in [3.05, 3.63) is 72.6 Å². The van der Waals surface area contributed by atoms with Gasteiger partial charge in [0.2, 0.25) is 11.8 Å². The molecule has 1 unspecified atom stereocenters. The van der Waals surface area contributed by atoms with E-state index in [9.17, 15) is 24.0 Å². The number of nitrogens with one attached hydrogen (secondary N) is 4. The lowest BCUT2D eigenvalue weighted by atomic mass is 9.78. The number of nitrogens with zero attached hydrogens (tertiary/aromatic N) is 5. The van der Waals surface area contributed by atoms with Crippen LogP contribution in [0.1, 0.15) is 82.5 Å². The Kier molecular flexibility index (Phi) is 11.8. The molecule has 2 aromatic heterocycles. The monoisotopic (exact) mass is 835 g/mol. The summed E-state index contributed by atoms with van der Waals surface area (Å²) in [5, 5.41) is 8.29. The minimum atomic E-state index is -0.887. The number of imidazole rings is 2. The molecule has 4 aliphatic heterocycles. The van der Waals surface area contributed by atoms with E-state index in [1.165, 1.54) is 24.2 Å². The number of fused-ring (bicyclic) bond motifs is 1. The highest BCUT2D eigenvalue weighted by Crippen LogP contribution is 2.49. The van der Waals surface area contributed by atoms with E-state index in [4.69, 9.17) is 19.2 Å². The molecule has 61 heavy (non-hydrogen) atoms. The lowest BCUT2D eigenvalue weighted by Crippen LogP contribution is -2.57. The maximum absolute atomic E-state index is 14.1. The third kappa shape index (κ3) is 8.43. The van der Waals surface area contributed by atoms with Gasteiger partial charge in [-0.2, -0.15) is 0 Å². The van der Waals surface area contributed by atoms with Crippen LogP contribution in [0.15, 0.2) is 60.9 Å². The molecule has 4 saturated heterocycles. The molecule has 0 bridgehead atoms. The van der Waals surface area contributed by atoms with Crippen LogP contribution >= 0.6 is 0 Å². The second kappa shape index (κ2) is 17.4. The standard InChI is InChI=1S/C44H53N9O8/c1-26(2)37(50-43(58)60-4)41(56)51-25-44(17-20-61-21-18-44)22-35(51)39-46-24-33(48-39)30-13-9-28(10-14-30)27-7-11-29(12-8-27)32-23-45-38(47-32)34-6-5-19-52-36(54)16-15-31(40(55)53(34)52)49-42(57)59-3/h7-14,23-24,26,31,34-35,37H,5-6,15-22,25H2,1-4H3,(H,45,47)(H,46,48)(H,49,57)(H,50,58)/t31-,34-,35?,37-/m0/s1. The van der Waals surface area contributed by atoms with Gasteiger partial charge in [0.05, 0.1) is 44.0 Å². The summed E-state index contributed by atoms with van der Waals surface area (Å²) in [6, 6.07) is 13.9. The quantitative estimate of drug-likeness (QED) is 0.167. The van der Waals surface area contributed by atoms with E-state index >= 15 is 0 Å². The number of alkyl carbamates (subject to hydrolysis) is 2. The third-order valence-electron chi connectivity index (χ3n) is 12.6. The van der Waals surface area contributed by atoms with Gasteiger partial charge in [-0.3, -0.25) is 19.4 Å². The normalized spacial score (nSPS) is 21.9. The Bertz CT molecular complexity index is 2250. The van der Waals surface area contributed by atoms with Gasteiger partial charge in [0, 0.05) is 32.7 Å². The Balaban J connectivity index is 0.965. The molecule has 17 heteroatoms. The summed E-state index contributed by atoms with van der Waals surface area (Å²) in [6.45, 7) is 6.10. The van der Waals surface area contributed by atoms with Crippen LogP contribution in [0.4, 0.5) is 9.59 Å². The van der Waals surface area contributed by atoms with Crippen LogP contribution in [0.3, 0.4) is 0 Å². The predicted octanol–water partition coefficient (Wildman–Crippen LogP) is 5.51. The number of hydrogen-bond acceptors (Lipinski definition) is 10. The number of H-pyrrole nitrogens is 2. The summed E-state index contributed by atoms with van der Waals surface area (Å²) in [4.78, 5) is 83.4. The number of carbonyl (C=O) groups is 5. The number of amides is 5. The van der Waals surface area contributed by atoms with Gasteiger partial charge in [-0.25, -0.2) is 24.6 Å². The Morgan fingerprint density at radius 2 is 1.39 bits per heavy atom. The molecular weight excluding hydrogens is 783 g/mol. The van der Waals surface area contributed by atoms with Crippen LogP contribution in [-0.2, 0) is 28.6 Å². The number of rotatable bonds is 9. The number of ether oxygens (including phenoxy) is 3. The molecule has 2 aromatic carbocycles. The molecule has 4 N–H and O–H groups in total. The molecule has 6 heterocycles. The van der Waals surface area contributed by atoms with Gasteiger partial charge in [0.1, 0.15) is 29.8 Å².